The molecule has 1 N–H and O–H groups in total. The van der Waals surface area contributed by atoms with Crippen molar-refractivity contribution in [1.29, 1.82) is 0 Å². The molecule has 4 nitrogen and oxygen atoms in total. The first-order chi connectivity index (χ1) is 6.18. The molecule has 1 aliphatic rings. The van der Waals surface area contributed by atoms with Crippen LogP contribution in [0.2, 0.25) is 0 Å². The highest BCUT2D eigenvalue weighted by molar-refractivity contribution is 7.88. The van der Waals surface area contributed by atoms with Gasteiger partial charge in [0.1, 0.15) is 0 Å². The lowest BCUT2D eigenvalue weighted by Gasteiger charge is -2.05. The minimum atomic E-state index is -1.22. The van der Waals surface area contributed by atoms with E-state index >= 15 is 0 Å². The summed E-state index contributed by atoms with van der Waals surface area (Å²) in [6, 6.07) is 0. The monoisotopic (exact) mass is 204 g/mol. The molecule has 2 unspecified atom stereocenters. The Morgan fingerprint density at radius 3 is 3.00 bits per heavy atom. The molecule has 1 rings (SSSR count). The molecule has 5 heteroatoms. The number of hydrogen-bond donors (Lipinski definition) is 1. The molecule has 0 amide bonds. The van der Waals surface area contributed by atoms with Crippen LogP contribution in [0.3, 0.4) is 0 Å². The summed E-state index contributed by atoms with van der Waals surface area (Å²) in [4.78, 5) is 10.1. The predicted molar refractivity (Wildman–Crippen MR) is 48.8 cm³/mol. The minimum absolute atomic E-state index is 0.0410. The van der Waals surface area contributed by atoms with Crippen molar-refractivity contribution in [2.45, 2.75) is 18.9 Å². The molecular formula is C8H12O4S. The number of carbonyl (C=O) groups is 1. The smallest absolute Gasteiger partial charge is 0.328 e. The number of rotatable bonds is 4. The van der Waals surface area contributed by atoms with Crippen molar-refractivity contribution in [3.8, 4) is 0 Å². The van der Waals surface area contributed by atoms with Gasteiger partial charge in [-0.25, -0.2) is 4.79 Å². The number of carboxylic acid groups (broad SMARTS) is 1. The molecule has 1 fully saturated rings. The van der Waals surface area contributed by atoms with Gasteiger partial charge in [0.2, 0.25) is 0 Å². The maximum atomic E-state index is 11.2. The van der Waals surface area contributed by atoms with Crippen LogP contribution in [-0.2, 0) is 20.3 Å². The molecule has 74 valence electrons. The van der Waals surface area contributed by atoms with Gasteiger partial charge in [-0.05, 0) is 12.8 Å². The molecule has 0 spiro atoms. The molecule has 0 aromatic rings. The Balaban J connectivity index is 2.28. The quantitative estimate of drug-likeness (QED) is 0.678. The fraction of sp³-hybridized carbons (Fsp3) is 0.625. The third kappa shape index (κ3) is 4.19. The Hall–Kier alpha value is -0.680. The van der Waals surface area contributed by atoms with E-state index in [-0.39, 0.29) is 6.10 Å². The van der Waals surface area contributed by atoms with Gasteiger partial charge in [-0.3, -0.25) is 4.21 Å². The molecule has 0 radical (unpaired) electrons. The molecular weight excluding hydrogens is 192 g/mol. The normalized spacial score (nSPS) is 25.1. The lowest BCUT2D eigenvalue weighted by Crippen LogP contribution is -2.14. The Kier molecular flexibility index (Phi) is 4.11. The highest BCUT2D eigenvalue weighted by Gasteiger charge is 2.17. The number of hydrogen-bond acceptors (Lipinski definition) is 3. The standard InChI is InChI=1S/C8H12O4S/c9-8(10)3-5-13(11)6-7-2-1-4-12-7/h3,5,7H,1-2,4,6H2,(H,9,10)/b5-3+. The second-order valence-corrected chi connectivity index (χ2v) is 4.19. The van der Waals surface area contributed by atoms with Crippen LogP contribution in [0.1, 0.15) is 12.8 Å². The molecule has 1 saturated heterocycles. The van der Waals surface area contributed by atoms with Gasteiger partial charge in [-0.2, -0.15) is 0 Å². The predicted octanol–water partition coefficient (Wildman–Crippen LogP) is 0.512. The Labute approximate surface area is 79.0 Å². The maximum Gasteiger partial charge on any atom is 0.328 e. The van der Waals surface area contributed by atoms with Gasteiger partial charge in [-0.15, -0.1) is 0 Å². The first kappa shape index (κ1) is 10.4. The fourth-order valence-electron chi connectivity index (χ4n) is 1.15. The molecule has 0 aliphatic carbocycles. The largest absolute Gasteiger partial charge is 0.478 e. The topological polar surface area (TPSA) is 63.6 Å². The van der Waals surface area contributed by atoms with Gasteiger partial charge >= 0.3 is 5.97 Å². The summed E-state index contributed by atoms with van der Waals surface area (Å²) < 4.78 is 16.4. The lowest BCUT2D eigenvalue weighted by molar-refractivity contribution is -0.131. The van der Waals surface area contributed by atoms with E-state index in [1.54, 1.807) is 0 Å². The van der Waals surface area contributed by atoms with Gasteiger partial charge in [0.05, 0.1) is 11.9 Å². The van der Waals surface area contributed by atoms with Gasteiger partial charge in [-0.1, -0.05) is 0 Å². The zero-order valence-electron chi connectivity index (χ0n) is 7.14. The van der Waals surface area contributed by atoms with Crippen LogP contribution in [-0.4, -0.2) is 33.7 Å². The van der Waals surface area contributed by atoms with Crippen LogP contribution in [0.5, 0.6) is 0 Å². The van der Waals surface area contributed by atoms with Crippen LogP contribution in [0.25, 0.3) is 0 Å². The second kappa shape index (κ2) is 5.14. The second-order valence-electron chi connectivity index (χ2n) is 2.82. The van der Waals surface area contributed by atoms with Crippen LogP contribution in [0.15, 0.2) is 11.5 Å². The summed E-state index contributed by atoms with van der Waals surface area (Å²) in [7, 11) is -1.22. The van der Waals surface area contributed by atoms with Crippen molar-refractivity contribution in [2.24, 2.45) is 0 Å². The summed E-state index contributed by atoms with van der Waals surface area (Å²) in [5, 5.41) is 9.47. The Morgan fingerprint density at radius 1 is 1.69 bits per heavy atom. The SMILES string of the molecule is O=C(O)/C=C/S(=O)CC1CCCO1. The van der Waals surface area contributed by atoms with Crippen molar-refractivity contribution in [3.05, 3.63) is 11.5 Å². The maximum absolute atomic E-state index is 11.2. The summed E-state index contributed by atoms with van der Waals surface area (Å²) in [6.07, 6.45) is 2.88. The van der Waals surface area contributed by atoms with Crippen LogP contribution in [0.4, 0.5) is 0 Å². The average Bonchev–Trinajstić information content (AvgIpc) is 2.53. The molecule has 1 aliphatic heterocycles. The molecule has 0 saturated carbocycles. The highest BCUT2D eigenvalue weighted by atomic mass is 32.2. The molecule has 0 aromatic carbocycles. The van der Waals surface area contributed by atoms with Crippen molar-refractivity contribution >= 4 is 16.8 Å². The number of carboxylic acids is 1. The van der Waals surface area contributed by atoms with E-state index in [4.69, 9.17) is 9.84 Å². The molecule has 13 heavy (non-hydrogen) atoms. The van der Waals surface area contributed by atoms with Gasteiger partial charge < -0.3 is 9.84 Å². The van der Waals surface area contributed by atoms with Crippen molar-refractivity contribution in [3.63, 3.8) is 0 Å². The highest BCUT2D eigenvalue weighted by Crippen LogP contribution is 2.12. The zero-order valence-corrected chi connectivity index (χ0v) is 7.96. The lowest BCUT2D eigenvalue weighted by atomic mass is 10.3. The van der Waals surface area contributed by atoms with Crippen LogP contribution >= 0.6 is 0 Å². The number of ether oxygens (including phenoxy) is 1. The first-order valence-corrected chi connectivity index (χ1v) is 5.46. The first-order valence-electron chi connectivity index (χ1n) is 4.08. The molecule has 0 bridgehead atoms. The van der Waals surface area contributed by atoms with E-state index in [1.807, 2.05) is 0 Å². The summed E-state index contributed by atoms with van der Waals surface area (Å²) in [5.74, 6) is -0.662. The number of aliphatic carboxylic acids is 1. The van der Waals surface area contributed by atoms with Crippen molar-refractivity contribution < 1.29 is 18.8 Å². The van der Waals surface area contributed by atoms with E-state index in [2.05, 4.69) is 0 Å². The van der Waals surface area contributed by atoms with E-state index in [0.29, 0.717) is 5.75 Å². The van der Waals surface area contributed by atoms with E-state index < -0.39 is 16.8 Å². The van der Waals surface area contributed by atoms with E-state index in [1.165, 1.54) is 5.41 Å². The molecule has 2 atom stereocenters. The van der Waals surface area contributed by atoms with E-state index in [9.17, 15) is 9.00 Å². The van der Waals surface area contributed by atoms with Gasteiger partial charge in [0, 0.05) is 28.9 Å². The minimum Gasteiger partial charge on any atom is -0.478 e. The summed E-state index contributed by atoms with van der Waals surface area (Å²) in [5.41, 5.74) is 0. The molecule has 1 heterocycles. The average molecular weight is 204 g/mol. The Bertz CT molecular complexity index is 230. The van der Waals surface area contributed by atoms with Crippen molar-refractivity contribution in [1.82, 2.24) is 0 Å². The van der Waals surface area contributed by atoms with Crippen LogP contribution in [0, 0.1) is 0 Å². The summed E-state index contributed by atoms with van der Waals surface area (Å²) >= 11 is 0. The van der Waals surface area contributed by atoms with Gasteiger partial charge in [0.25, 0.3) is 0 Å². The fourth-order valence-corrected chi connectivity index (χ4v) is 2.16. The zero-order chi connectivity index (χ0) is 9.68. The van der Waals surface area contributed by atoms with E-state index in [0.717, 1.165) is 25.5 Å². The molecule has 0 aromatic heterocycles. The van der Waals surface area contributed by atoms with Gasteiger partial charge in [0.15, 0.2) is 0 Å². The Morgan fingerprint density at radius 2 is 2.46 bits per heavy atom. The summed E-state index contributed by atoms with van der Waals surface area (Å²) in [6.45, 7) is 0.727. The van der Waals surface area contributed by atoms with Crippen molar-refractivity contribution in [2.75, 3.05) is 12.4 Å². The third-order valence-electron chi connectivity index (χ3n) is 1.74. The van der Waals surface area contributed by atoms with Crippen LogP contribution < -0.4 is 0 Å². The third-order valence-corrected chi connectivity index (χ3v) is 2.88.